The van der Waals surface area contributed by atoms with Gasteiger partial charge >= 0.3 is 11.9 Å². The fourth-order valence-electron chi connectivity index (χ4n) is 4.99. The first-order valence-electron chi connectivity index (χ1n) is 21.4. The topological polar surface area (TPSA) is 111 Å². The molecule has 324 valence electrons. The molecule has 0 N–H and O–H groups in total. The van der Waals surface area contributed by atoms with Crippen molar-refractivity contribution in [2.45, 2.75) is 142 Å². The minimum Gasteiger partial charge on any atom is -0.756 e. The van der Waals surface area contributed by atoms with Gasteiger partial charge < -0.3 is 27.9 Å². The first-order chi connectivity index (χ1) is 27.5. The summed E-state index contributed by atoms with van der Waals surface area (Å²) in [4.78, 5) is 37.5. The fraction of sp³-hybridized carbons (Fsp3) is 0.617. The Balaban J connectivity index is 4.54. The van der Waals surface area contributed by atoms with Gasteiger partial charge in [-0.15, -0.1) is 0 Å². The number of nitrogens with zero attached hydrogens (tertiary/aromatic N) is 1. The van der Waals surface area contributed by atoms with Gasteiger partial charge in [0.15, 0.2) is 6.10 Å². The molecule has 0 aromatic heterocycles. The quantitative estimate of drug-likeness (QED) is 0.0200. The number of carbonyl (C=O) groups is 2. The molecular weight excluding hydrogens is 737 g/mol. The van der Waals surface area contributed by atoms with Gasteiger partial charge in [-0.05, 0) is 77.0 Å². The van der Waals surface area contributed by atoms with Crippen molar-refractivity contribution in [1.82, 2.24) is 0 Å². The Morgan fingerprint density at radius 1 is 0.561 bits per heavy atom. The van der Waals surface area contributed by atoms with E-state index in [0.29, 0.717) is 23.9 Å². The zero-order chi connectivity index (χ0) is 42.1. The van der Waals surface area contributed by atoms with Gasteiger partial charge in [-0.1, -0.05) is 143 Å². The molecule has 0 aromatic rings. The second kappa shape index (κ2) is 38.4. The molecule has 0 rings (SSSR count). The average molecular weight is 816 g/mol. The molecule has 0 radical (unpaired) electrons. The number of phosphoric ester groups is 1. The summed E-state index contributed by atoms with van der Waals surface area (Å²) >= 11 is 0. The number of ether oxygens (including phenoxy) is 2. The lowest BCUT2D eigenvalue weighted by atomic mass is 10.1. The Labute approximate surface area is 347 Å². The fourth-order valence-corrected chi connectivity index (χ4v) is 5.72. The van der Waals surface area contributed by atoms with Gasteiger partial charge in [-0.2, -0.15) is 0 Å². The first kappa shape index (κ1) is 53.9. The molecule has 9 nitrogen and oxygen atoms in total. The second-order valence-corrected chi connectivity index (χ2v) is 16.4. The first-order valence-corrected chi connectivity index (χ1v) is 22.9. The third-order valence-corrected chi connectivity index (χ3v) is 9.32. The van der Waals surface area contributed by atoms with Crippen molar-refractivity contribution in [2.75, 3.05) is 47.5 Å². The summed E-state index contributed by atoms with van der Waals surface area (Å²) in [5.41, 5.74) is 0. The SMILES string of the molecule is CC/C=C\C/C=C\C/C=C\C/C=C\C/C=C\C/C=C\CCC(=O)OC[C@H](COP(=O)([O-])OCC[N+](C)(C)C)OC(=O)CCCCCCC/C=C\C/C=C\CCCC. The lowest BCUT2D eigenvalue weighted by Crippen LogP contribution is -2.37. The summed E-state index contributed by atoms with van der Waals surface area (Å²) in [7, 11) is 1.10. The van der Waals surface area contributed by atoms with Crippen molar-refractivity contribution in [1.29, 1.82) is 0 Å². The number of hydrogen-bond acceptors (Lipinski definition) is 8. The van der Waals surface area contributed by atoms with Gasteiger partial charge in [0.25, 0.3) is 7.82 Å². The Morgan fingerprint density at radius 2 is 1.04 bits per heavy atom. The lowest BCUT2D eigenvalue weighted by Gasteiger charge is -2.28. The van der Waals surface area contributed by atoms with E-state index in [0.717, 1.165) is 83.5 Å². The van der Waals surface area contributed by atoms with Crippen LogP contribution in [0.1, 0.15) is 136 Å². The van der Waals surface area contributed by atoms with Crippen molar-refractivity contribution in [3.63, 3.8) is 0 Å². The van der Waals surface area contributed by atoms with Crippen molar-refractivity contribution in [3.8, 4) is 0 Å². The molecule has 0 fully saturated rings. The number of quaternary nitrogens is 1. The minimum atomic E-state index is -4.65. The number of likely N-dealkylation sites (N-methyl/N-ethyl adjacent to an activating group) is 1. The van der Waals surface area contributed by atoms with Gasteiger partial charge in [0, 0.05) is 12.8 Å². The van der Waals surface area contributed by atoms with Crippen LogP contribution in [-0.2, 0) is 32.7 Å². The Morgan fingerprint density at radius 3 is 1.56 bits per heavy atom. The molecule has 2 atom stereocenters. The molecule has 0 aromatic carbocycles. The largest absolute Gasteiger partial charge is 0.756 e. The standard InChI is InChI=1S/C47H78NO8P/c1-6-8-10-12-14-16-18-20-22-23-24-25-26-28-29-31-33-35-37-39-46(49)53-43-45(44-55-57(51,52)54-42-41-48(3,4)5)56-47(50)40-38-36-34-32-30-27-21-19-17-15-13-11-9-7-2/h8,10,13-16,19-22,24-25,28-29,33,35,45H,6-7,9,11-12,17-18,23,26-27,30-32,34,36-44H2,1-5H3/b10-8-,15-13-,16-14-,21-19-,22-20-,25-24-,29-28-,35-33-/t45-/m1/s1. The zero-order valence-corrected chi connectivity index (χ0v) is 37.1. The summed E-state index contributed by atoms with van der Waals surface area (Å²) in [6.45, 7) is 3.93. The summed E-state index contributed by atoms with van der Waals surface area (Å²) in [5, 5.41) is 0. The molecule has 0 heterocycles. The minimum absolute atomic E-state index is 0.0505. The number of phosphoric acid groups is 1. The third kappa shape index (κ3) is 42.4. The normalized spacial score (nSPS) is 14.6. The highest BCUT2D eigenvalue weighted by Crippen LogP contribution is 2.38. The van der Waals surface area contributed by atoms with E-state index in [1.807, 2.05) is 33.3 Å². The number of allylic oxidation sites excluding steroid dienone is 16. The van der Waals surface area contributed by atoms with Gasteiger partial charge in [0.05, 0.1) is 27.7 Å². The second-order valence-electron chi connectivity index (χ2n) is 15.0. The molecule has 1 unspecified atom stereocenters. The van der Waals surface area contributed by atoms with Crippen LogP contribution in [0.5, 0.6) is 0 Å². The smallest absolute Gasteiger partial charge is 0.306 e. The Kier molecular flexibility index (Phi) is 36.4. The monoisotopic (exact) mass is 816 g/mol. The maximum Gasteiger partial charge on any atom is 0.306 e. The number of rotatable bonds is 37. The molecule has 0 aliphatic rings. The highest BCUT2D eigenvalue weighted by Gasteiger charge is 2.21. The van der Waals surface area contributed by atoms with E-state index < -0.39 is 32.5 Å². The maximum atomic E-state index is 12.6. The molecule has 0 amide bonds. The van der Waals surface area contributed by atoms with Crippen LogP contribution in [0.15, 0.2) is 97.2 Å². The summed E-state index contributed by atoms with van der Waals surface area (Å²) in [6, 6.07) is 0. The number of unbranched alkanes of at least 4 members (excludes halogenated alkanes) is 7. The van der Waals surface area contributed by atoms with Crippen molar-refractivity contribution < 1.29 is 42.1 Å². The Hall–Kier alpha value is -3.07. The number of hydrogen-bond donors (Lipinski definition) is 0. The van der Waals surface area contributed by atoms with Crippen LogP contribution in [0.4, 0.5) is 0 Å². The molecule has 0 bridgehead atoms. The zero-order valence-electron chi connectivity index (χ0n) is 36.2. The van der Waals surface area contributed by atoms with Crippen molar-refractivity contribution in [2.24, 2.45) is 0 Å². The van der Waals surface area contributed by atoms with Crippen molar-refractivity contribution in [3.05, 3.63) is 97.2 Å². The van der Waals surface area contributed by atoms with E-state index in [1.54, 1.807) is 0 Å². The maximum absolute atomic E-state index is 12.6. The van der Waals surface area contributed by atoms with E-state index in [-0.39, 0.29) is 26.1 Å². The van der Waals surface area contributed by atoms with Crippen LogP contribution in [0.3, 0.4) is 0 Å². The van der Waals surface area contributed by atoms with E-state index in [1.165, 1.54) is 12.8 Å². The molecule has 0 saturated heterocycles. The summed E-state index contributed by atoms with van der Waals surface area (Å²) < 4.78 is 33.7. The van der Waals surface area contributed by atoms with Gasteiger partial charge in [-0.25, -0.2) is 0 Å². The van der Waals surface area contributed by atoms with Crippen molar-refractivity contribution >= 4 is 19.8 Å². The number of carbonyl (C=O) groups excluding carboxylic acids is 2. The predicted octanol–water partition coefficient (Wildman–Crippen LogP) is 11.6. The third-order valence-electron chi connectivity index (χ3n) is 8.35. The summed E-state index contributed by atoms with van der Waals surface area (Å²) in [5.74, 6) is -0.961. The van der Waals surface area contributed by atoms with Crippen LogP contribution in [0.25, 0.3) is 0 Å². The average Bonchev–Trinajstić information content (AvgIpc) is 3.16. The van der Waals surface area contributed by atoms with Crippen LogP contribution in [-0.4, -0.2) is 70.0 Å². The van der Waals surface area contributed by atoms with Gasteiger partial charge in [0.2, 0.25) is 0 Å². The predicted molar refractivity (Wildman–Crippen MR) is 235 cm³/mol. The van der Waals surface area contributed by atoms with Crippen LogP contribution >= 0.6 is 7.82 Å². The van der Waals surface area contributed by atoms with Gasteiger partial charge in [-0.3, -0.25) is 14.2 Å². The molecular formula is C47H78NO8P. The summed E-state index contributed by atoms with van der Waals surface area (Å²) in [6.07, 6.45) is 50.2. The number of esters is 2. The molecule has 0 spiro atoms. The molecule has 0 saturated carbocycles. The molecule has 0 aliphatic heterocycles. The van der Waals surface area contributed by atoms with Crippen LogP contribution in [0.2, 0.25) is 0 Å². The Bertz CT molecular complexity index is 1290. The lowest BCUT2D eigenvalue weighted by molar-refractivity contribution is -0.870. The highest BCUT2D eigenvalue weighted by molar-refractivity contribution is 7.45. The van der Waals surface area contributed by atoms with E-state index in [4.69, 9.17) is 18.5 Å². The molecule has 10 heteroatoms. The van der Waals surface area contributed by atoms with E-state index in [2.05, 4.69) is 98.9 Å². The van der Waals surface area contributed by atoms with Crippen LogP contribution < -0.4 is 4.89 Å². The van der Waals surface area contributed by atoms with E-state index >= 15 is 0 Å². The highest BCUT2D eigenvalue weighted by atomic mass is 31.2. The molecule has 57 heavy (non-hydrogen) atoms. The van der Waals surface area contributed by atoms with E-state index in [9.17, 15) is 19.0 Å². The van der Waals surface area contributed by atoms with Gasteiger partial charge in [0.1, 0.15) is 19.8 Å². The molecule has 0 aliphatic carbocycles. The van der Waals surface area contributed by atoms with Crippen LogP contribution in [0, 0.1) is 0 Å².